The summed E-state index contributed by atoms with van der Waals surface area (Å²) in [5.41, 5.74) is 10.5. The molecule has 7 atom stereocenters. The van der Waals surface area contributed by atoms with Gasteiger partial charge < -0.3 is 57.8 Å². The highest BCUT2D eigenvalue weighted by Crippen LogP contribution is 2.22. The number of amides is 6. The van der Waals surface area contributed by atoms with Gasteiger partial charge in [0.1, 0.15) is 36.3 Å². The molecule has 0 aliphatic heterocycles. The molecule has 6 rings (SSSR count). The zero-order valence-electron chi connectivity index (χ0n) is 40.8. The first-order valence-electron chi connectivity index (χ1n) is 24.1. The van der Waals surface area contributed by atoms with E-state index in [4.69, 9.17) is 5.73 Å². The third-order valence-electron chi connectivity index (χ3n) is 12.4. The van der Waals surface area contributed by atoms with Gasteiger partial charge in [-0.25, -0.2) is 4.79 Å². The van der Waals surface area contributed by atoms with Gasteiger partial charge in [-0.3, -0.25) is 28.8 Å². The molecular formula is C54H65N9O9. The van der Waals surface area contributed by atoms with E-state index in [-0.39, 0.29) is 38.0 Å². The number of aliphatic carboxylic acids is 1. The Hall–Kier alpha value is -7.83. The van der Waals surface area contributed by atoms with Gasteiger partial charge in [0, 0.05) is 53.5 Å². The standard InChI is InChI=1S/C54H65N9O9/c1-31(2)23-45(54(71)72)61-50(67)43(26-35-28-56-40-21-13-11-19-37(35)40)60-53(70)47(32(3)4)63-51(68)44(27-36-29-57-41-22-14-12-20-38(36)41)59-49(66)42(25-34-17-9-6-10-18-34)58-52(69)46(30-64)62-48(65)39(55)24-33-15-7-5-8-16-33/h5-22,28-29,31-32,39,42-47,56-57,64H,23-27,30,55H2,1-4H3,(H,58,69)(H,59,66)(H,60,70)(H,61,67)(H,62,65)(H,63,68)(H,71,72)/t39-,42-,43-,44-,45-,46-,47-/m0/s1. The lowest BCUT2D eigenvalue weighted by atomic mass is 9.98. The highest BCUT2D eigenvalue weighted by Gasteiger charge is 2.35. The van der Waals surface area contributed by atoms with Crippen LogP contribution in [0.5, 0.6) is 0 Å². The number of carbonyl (C=O) groups excluding carboxylic acids is 6. The van der Waals surface area contributed by atoms with Crippen LogP contribution in [-0.2, 0) is 59.2 Å². The Bertz CT molecular complexity index is 2810. The van der Waals surface area contributed by atoms with Gasteiger partial charge in [0.05, 0.1) is 12.6 Å². The Balaban J connectivity index is 1.26. The average Bonchev–Trinajstić information content (AvgIpc) is 3.97. The quantitative estimate of drug-likeness (QED) is 0.0399. The number of carbonyl (C=O) groups is 7. The third-order valence-corrected chi connectivity index (χ3v) is 12.4. The SMILES string of the molecule is CC(C)C[C@H](NC(=O)[C@H](Cc1c[nH]c2ccccc12)NC(=O)[C@@H](NC(=O)[C@H](Cc1c[nH]c2ccccc12)NC(=O)[C@H](Cc1ccccc1)NC(=O)[C@H](CO)NC(=O)[C@@H](N)Cc1ccccc1)C(C)C)C(=O)O. The number of hydrogen-bond donors (Lipinski definition) is 11. The number of carboxylic acids is 1. The molecule has 0 unspecified atom stereocenters. The fourth-order valence-corrected chi connectivity index (χ4v) is 8.51. The largest absolute Gasteiger partial charge is 0.480 e. The monoisotopic (exact) mass is 983 g/mol. The number of fused-ring (bicyclic) bond motifs is 2. The molecule has 12 N–H and O–H groups in total. The summed E-state index contributed by atoms with van der Waals surface area (Å²) in [6.07, 6.45) is 3.57. The van der Waals surface area contributed by atoms with Gasteiger partial charge in [-0.15, -0.1) is 0 Å². The highest BCUT2D eigenvalue weighted by atomic mass is 16.4. The lowest BCUT2D eigenvalue weighted by Gasteiger charge is -2.29. The van der Waals surface area contributed by atoms with E-state index in [1.807, 2.05) is 68.4 Å². The first-order chi connectivity index (χ1) is 34.5. The summed E-state index contributed by atoms with van der Waals surface area (Å²) in [6.45, 7) is 6.24. The number of nitrogens with two attached hydrogens (primary N) is 1. The molecule has 2 heterocycles. The minimum absolute atomic E-state index is 0.0244. The molecule has 0 spiro atoms. The van der Waals surface area contributed by atoms with E-state index in [2.05, 4.69) is 41.9 Å². The van der Waals surface area contributed by atoms with E-state index in [0.29, 0.717) is 16.7 Å². The average molecular weight is 984 g/mol. The third kappa shape index (κ3) is 14.6. The van der Waals surface area contributed by atoms with Crippen LogP contribution in [0.25, 0.3) is 21.8 Å². The summed E-state index contributed by atoms with van der Waals surface area (Å²) >= 11 is 0. The van der Waals surface area contributed by atoms with Crippen molar-refractivity contribution < 1.29 is 43.8 Å². The minimum Gasteiger partial charge on any atom is -0.480 e. The van der Waals surface area contributed by atoms with Crippen LogP contribution >= 0.6 is 0 Å². The van der Waals surface area contributed by atoms with Crippen LogP contribution in [0.15, 0.2) is 122 Å². The number of rotatable bonds is 25. The molecule has 0 saturated carbocycles. The van der Waals surface area contributed by atoms with Crippen molar-refractivity contribution >= 4 is 63.2 Å². The number of nitrogens with one attached hydrogen (secondary N) is 8. The van der Waals surface area contributed by atoms with Crippen LogP contribution in [0.2, 0.25) is 0 Å². The zero-order valence-corrected chi connectivity index (χ0v) is 40.8. The van der Waals surface area contributed by atoms with Crippen molar-refractivity contribution in [3.05, 3.63) is 144 Å². The lowest BCUT2D eigenvalue weighted by molar-refractivity contribution is -0.142. The number of hydrogen-bond acceptors (Lipinski definition) is 9. The lowest BCUT2D eigenvalue weighted by Crippen LogP contribution is -2.61. The maximum atomic E-state index is 14.7. The topological polar surface area (TPSA) is 290 Å². The first kappa shape index (κ1) is 53.5. The fraction of sp³-hybridized carbons (Fsp3) is 0.352. The zero-order chi connectivity index (χ0) is 51.9. The van der Waals surface area contributed by atoms with Gasteiger partial charge in [0.25, 0.3) is 0 Å². The van der Waals surface area contributed by atoms with E-state index in [1.54, 1.807) is 80.8 Å². The molecule has 0 radical (unpaired) electrons. The summed E-state index contributed by atoms with van der Waals surface area (Å²) in [7, 11) is 0. The van der Waals surface area contributed by atoms with Crippen LogP contribution in [0.1, 0.15) is 56.4 Å². The number of carboxylic acid groups (broad SMARTS) is 1. The van der Waals surface area contributed by atoms with E-state index in [0.717, 1.165) is 27.4 Å². The summed E-state index contributed by atoms with van der Waals surface area (Å²) in [5.74, 6) is -6.46. The maximum absolute atomic E-state index is 14.7. The summed E-state index contributed by atoms with van der Waals surface area (Å²) < 4.78 is 0. The molecule has 6 aromatic rings. The van der Waals surface area contributed by atoms with Crippen molar-refractivity contribution in [2.24, 2.45) is 17.6 Å². The predicted octanol–water partition coefficient (Wildman–Crippen LogP) is 2.93. The molecule has 4 aromatic carbocycles. The Morgan fingerprint density at radius 1 is 0.486 bits per heavy atom. The van der Waals surface area contributed by atoms with Crippen molar-refractivity contribution in [2.45, 2.75) is 102 Å². The van der Waals surface area contributed by atoms with Gasteiger partial charge >= 0.3 is 5.97 Å². The summed E-state index contributed by atoms with van der Waals surface area (Å²) in [5, 5.41) is 38.1. The molecule has 18 nitrogen and oxygen atoms in total. The van der Waals surface area contributed by atoms with Crippen molar-refractivity contribution in [1.29, 1.82) is 0 Å². The van der Waals surface area contributed by atoms with Gasteiger partial charge in [0.2, 0.25) is 35.4 Å². The van der Waals surface area contributed by atoms with Crippen molar-refractivity contribution in [1.82, 2.24) is 41.9 Å². The molecule has 6 amide bonds. The fourth-order valence-electron chi connectivity index (χ4n) is 8.51. The van der Waals surface area contributed by atoms with Crippen LogP contribution in [-0.4, -0.2) is 110 Å². The second-order valence-corrected chi connectivity index (χ2v) is 18.8. The van der Waals surface area contributed by atoms with Gasteiger partial charge in [-0.05, 0) is 59.1 Å². The second-order valence-electron chi connectivity index (χ2n) is 18.8. The van der Waals surface area contributed by atoms with E-state index in [1.165, 1.54) is 0 Å². The molecule has 380 valence electrons. The molecule has 0 fully saturated rings. The number of benzene rings is 4. The molecular weight excluding hydrogens is 919 g/mol. The van der Waals surface area contributed by atoms with Crippen molar-refractivity contribution in [3.8, 4) is 0 Å². The molecule has 18 heteroatoms. The highest BCUT2D eigenvalue weighted by molar-refractivity contribution is 5.98. The number of aromatic amines is 2. The molecule has 0 bridgehead atoms. The van der Waals surface area contributed by atoms with Gasteiger partial charge in [-0.1, -0.05) is 125 Å². The molecule has 2 aromatic heterocycles. The van der Waals surface area contributed by atoms with E-state index >= 15 is 0 Å². The summed E-state index contributed by atoms with van der Waals surface area (Å²) in [6, 6.07) is 23.6. The van der Waals surface area contributed by atoms with E-state index in [9.17, 15) is 43.8 Å². The number of aromatic nitrogens is 2. The molecule has 72 heavy (non-hydrogen) atoms. The van der Waals surface area contributed by atoms with Crippen LogP contribution < -0.4 is 37.6 Å². The normalized spacial score (nSPS) is 14.3. The van der Waals surface area contributed by atoms with Crippen molar-refractivity contribution in [2.75, 3.05) is 6.61 Å². The second kappa shape index (κ2) is 25.3. The number of aliphatic hydroxyl groups excluding tert-OH is 1. The van der Waals surface area contributed by atoms with Crippen LogP contribution in [0, 0.1) is 11.8 Å². The maximum Gasteiger partial charge on any atom is 0.326 e. The van der Waals surface area contributed by atoms with Gasteiger partial charge in [0.15, 0.2) is 0 Å². The smallest absolute Gasteiger partial charge is 0.326 e. The first-order valence-corrected chi connectivity index (χ1v) is 24.1. The molecule has 0 aliphatic carbocycles. The molecule has 0 saturated heterocycles. The number of para-hydroxylation sites is 2. The molecule has 0 aliphatic rings. The Kier molecular flexibility index (Phi) is 18.8. The predicted molar refractivity (Wildman–Crippen MR) is 273 cm³/mol. The van der Waals surface area contributed by atoms with Crippen LogP contribution in [0.3, 0.4) is 0 Å². The summed E-state index contributed by atoms with van der Waals surface area (Å²) in [4.78, 5) is 103. The Labute approximate surface area is 417 Å². The number of aliphatic hydroxyl groups is 1. The minimum atomic E-state index is -1.49. The van der Waals surface area contributed by atoms with E-state index < -0.39 is 96.2 Å². The Morgan fingerprint density at radius 2 is 0.889 bits per heavy atom. The van der Waals surface area contributed by atoms with Gasteiger partial charge in [-0.2, -0.15) is 0 Å². The van der Waals surface area contributed by atoms with Crippen LogP contribution in [0.4, 0.5) is 0 Å². The Morgan fingerprint density at radius 3 is 1.36 bits per heavy atom. The van der Waals surface area contributed by atoms with Crippen molar-refractivity contribution in [3.63, 3.8) is 0 Å². The number of H-pyrrole nitrogens is 2.